The van der Waals surface area contributed by atoms with E-state index in [1.165, 1.54) is 0 Å². The van der Waals surface area contributed by atoms with E-state index in [4.69, 9.17) is 23.8 Å². The van der Waals surface area contributed by atoms with Crippen LogP contribution in [0.15, 0.2) is 30.3 Å². The topological polar surface area (TPSA) is 53.1 Å². The highest BCUT2D eigenvalue weighted by Gasteiger charge is 2.35. The molecule has 0 bridgehead atoms. The molecule has 0 saturated carbocycles. The molecule has 1 aliphatic heterocycles. The molecule has 1 aromatic carbocycles. The van der Waals surface area contributed by atoms with E-state index >= 15 is 0 Å². The number of rotatable bonds is 4. The van der Waals surface area contributed by atoms with E-state index in [1.807, 2.05) is 24.0 Å². The normalized spacial score (nSPS) is 17.1. The van der Waals surface area contributed by atoms with E-state index in [9.17, 15) is 13.2 Å². The maximum atomic E-state index is 13.4. The average Bonchev–Trinajstić information content (AvgIpc) is 2.67. The van der Waals surface area contributed by atoms with Gasteiger partial charge in [0, 0.05) is 30.2 Å². The van der Waals surface area contributed by atoms with Crippen molar-refractivity contribution >= 4 is 40.7 Å². The summed E-state index contributed by atoms with van der Waals surface area (Å²) in [6.45, 7) is 3.03. The van der Waals surface area contributed by atoms with Gasteiger partial charge >= 0.3 is 6.18 Å². The fourth-order valence-electron chi connectivity index (χ4n) is 3.15. The van der Waals surface area contributed by atoms with Gasteiger partial charge in [-0.1, -0.05) is 23.7 Å². The van der Waals surface area contributed by atoms with E-state index in [0.29, 0.717) is 18.1 Å². The van der Waals surface area contributed by atoms with Crippen LogP contribution in [0.2, 0.25) is 5.02 Å². The molecule has 0 radical (unpaired) electrons. The molecular formula is C19H21ClF3N5S. The number of hydrogen-bond donors (Lipinski definition) is 2. The second-order valence-corrected chi connectivity index (χ2v) is 7.75. The van der Waals surface area contributed by atoms with E-state index in [-0.39, 0.29) is 22.9 Å². The lowest BCUT2D eigenvalue weighted by Gasteiger charge is -2.34. The van der Waals surface area contributed by atoms with Crippen LogP contribution in [0.25, 0.3) is 0 Å². The van der Waals surface area contributed by atoms with Crippen molar-refractivity contribution in [3.8, 4) is 0 Å². The molecule has 0 amide bonds. The maximum absolute atomic E-state index is 13.4. The zero-order chi connectivity index (χ0) is 21.0. The Labute approximate surface area is 177 Å². The fraction of sp³-hybridized carbons (Fsp3) is 0.421. The Morgan fingerprint density at radius 2 is 1.97 bits per heavy atom. The van der Waals surface area contributed by atoms with Gasteiger partial charge in [-0.15, -0.1) is 0 Å². The fourth-order valence-corrected chi connectivity index (χ4v) is 3.44. The van der Waals surface area contributed by atoms with Crippen molar-refractivity contribution < 1.29 is 13.2 Å². The van der Waals surface area contributed by atoms with Gasteiger partial charge in [0.05, 0.1) is 0 Å². The van der Waals surface area contributed by atoms with E-state index in [2.05, 4.69) is 20.6 Å². The molecule has 1 aliphatic rings. The van der Waals surface area contributed by atoms with Crippen LogP contribution >= 0.6 is 23.8 Å². The number of anilines is 2. The summed E-state index contributed by atoms with van der Waals surface area (Å²) >= 11 is 11.0. The minimum atomic E-state index is -4.58. The van der Waals surface area contributed by atoms with Crippen LogP contribution in [0.1, 0.15) is 37.4 Å². The minimum absolute atomic E-state index is 0.113. The van der Waals surface area contributed by atoms with Gasteiger partial charge in [0.2, 0.25) is 5.95 Å². The van der Waals surface area contributed by atoms with Crippen LogP contribution in [0.3, 0.4) is 0 Å². The highest BCUT2D eigenvalue weighted by molar-refractivity contribution is 7.80. The van der Waals surface area contributed by atoms with Gasteiger partial charge in [0.1, 0.15) is 5.82 Å². The maximum Gasteiger partial charge on any atom is 0.433 e. The molecule has 5 nitrogen and oxygen atoms in total. The lowest BCUT2D eigenvalue weighted by molar-refractivity contribution is -0.141. The van der Waals surface area contributed by atoms with Crippen molar-refractivity contribution in [1.82, 2.24) is 15.3 Å². The van der Waals surface area contributed by atoms with Crippen molar-refractivity contribution in [3.05, 3.63) is 46.6 Å². The Hall–Kier alpha value is -2.13. The van der Waals surface area contributed by atoms with E-state index in [1.54, 1.807) is 12.1 Å². The highest BCUT2D eigenvalue weighted by atomic mass is 35.5. The first-order valence-electron chi connectivity index (χ1n) is 9.24. The Kier molecular flexibility index (Phi) is 6.79. The summed E-state index contributed by atoms with van der Waals surface area (Å²) in [5, 5.41) is 6.36. The second kappa shape index (κ2) is 9.13. The Balaban J connectivity index is 1.75. The van der Waals surface area contributed by atoms with Crippen LogP contribution < -0.4 is 15.5 Å². The smallest absolute Gasteiger partial charge is 0.358 e. The van der Waals surface area contributed by atoms with Crippen molar-refractivity contribution in [2.45, 2.75) is 44.9 Å². The third-order valence-corrected chi connectivity index (χ3v) is 5.19. The van der Waals surface area contributed by atoms with Crippen LogP contribution in [0.4, 0.5) is 24.9 Å². The molecule has 2 N–H and O–H groups in total. The first-order valence-corrected chi connectivity index (χ1v) is 10.0. The number of benzene rings is 1. The van der Waals surface area contributed by atoms with Crippen molar-refractivity contribution in [2.24, 2.45) is 0 Å². The minimum Gasteiger partial charge on any atom is -0.358 e. The average molecular weight is 444 g/mol. The molecule has 2 aromatic rings. The molecule has 3 rings (SSSR count). The molecule has 1 unspecified atom stereocenters. The number of nitrogens with one attached hydrogen (secondary N) is 2. The number of alkyl halides is 3. The van der Waals surface area contributed by atoms with Gasteiger partial charge in [-0.3, -0.25) is 0 Å². The summed E-state index contributed by atoms with van der Waals surface area (Å²) in [5.74, 6) is 0.0729. The summed E-state index contributed by atoms with van der Waals surface area (Å²) in [5.41, 5.74) is -0.0744. The Morgan fingerprint density at radius 3 is 2.62 bits per heavy atom. The van der Waals surface area contributed by atoms with Crippen molar-refractivity contribution in [3.63, 3.8) is 0 Å². The van der Waals surface area contributed by atoms with E-state index in [0.717, 1.165) is 30.9 Å². The molecule has 156 valence electrons. The van der Waals surface area contributed by atoms with Crippen molar-refractivity contribution in [1.29, 1.82) is 0 Å². The number of halogens is 4. The number of aromatic nitrogens is 2. The molecular weight excluding hydrogens is 423 g/mol. The predicted molar refractivity (Wildman–Crippen MR) is 112 cm³/mol. The van der Waals surface area contributed by atoms with Crippen LogP contribution in [0, 0.1) is 0 Å². The molecule has 0 spiro atoms. The van der Waals surface area contributed by atoms with Crippen LogP contribution in [0.5, 0.6) is 0 Å². The zero-order valence-corrected chi connectivity index (χ0v) is 17.3. The van der Waals surface area contributed by atoms with E-state index < -0.39 is 11.9 Å². The molecule has 1 aromatic heterocycles. The Morgan fingerprint density at radius 1 is 1.24 bits per heavy atom. The van der Waals surface area contributed by atoms with Gasteiger partial charge in [-0.2, -0.15) is 18.2 Å². The summed E-state index contributed by atoms with van der Waals surface area (Å²) in [7, 11) is 0. The molecule has 10 heteroatoms. The Bertz CT molecular complexity index is 860. The van der Waals surface area contributed by atoms with Crippen LogP contribution in [-0.2, 0) is 12.7 Å². The lowest BCUT2D eigenvalue weighted by Crippen LogP contribution is -2.38. The van der Waals surface area contributed by atoms with Gasteiger partial charge in [-0.05, 0) is 56.1 Å². The molecule has 0 aliphatic carbocycles. The van der Waals surface area contributed by atoms with Crippen molar-refractivity contribution in [2.75, 3.05) is 16.8 Å². The summed E-state index contributed by atoms with van der Waals surface area (Å²) in [6, 6.07) is 8.26. The van der Waals surface area contributed by atoms with Gasteiger partial charge in [0.25, 0.3) is 0 Å². The SMILES string of the molecule is CC1CCCCN1c1cc(C(F)(F)F)nc(NC(=S)NCc2ccc(Cl)cc2)n1. The first-order chi connectivity index (χ1) is 13.7. The zero-order valence-electron chi connectivity index (χ0n) is 15.8. The monoisotopic (exact) mass is 443 g/mol. The quantitative estimate of drug-likeness (QED) is 0.647. The number of nitrogens with zero attached hydrogens (tertiary/aromatic N) is 3. The number of hydrogen-bond acceptors (Lipinski definition) is 4. The summed E-state index contributed by atoms with van der Waals surface area (Å²) in [4.78, 5) is 9.78. The molecule has 29 heavy (non-hydrogen) atoms. The molecule has 2 heterocycles. The standard InChI is InChI=1S/C19H21ClF3N5S/c1-12-4-2-3-9-28(12)16-10-15(19(21,22)23)25-17(26-16)27-18(29)24-11-13-5-7-14(20)8-6-13/h5-8,10,12H,2-4,9,11H2,1H3,(H2,24,25,26,27,29). The summed E-state index contributed by atoms with van der Waals surface area (Å²) in [6.07, 6.45) is -1.70. The summed E-state index contributed by atoms with van der Waals surface area (Å²) < 4.78 is 40.1. The van der Waals surface area contributed by atoms with Gasteiger partial charge < -0.3 is 15.5 Å². The molecule has 1 atom stereocenters. The lowest BCUT2D eigenvalue weighted by atomic mass is 10.0. The molecule has 1 saturated heterocycles. The predicted octanol–water partition coefficient (Wildman–Crippen LogP) is 5.01. The third-order valence-electron chi connectivity index (χ3n) is 4.69. The highest BCUT2D eigenvalue weighted by Crippen LogP contribution is 2.32. The van der Waals surface area contributed by atoms with Crippen LogP contribution in [-0.4, -0.2) is 27.7 Å². The second-order valence-electron chi connectivity index (χ2n) is 6.91. The number of piperidine rings is 1. The van der Waals surface area contributed by atoms with Gasteiger partial charge in [-0.25, -0.2) is 4.98 Å². The number of thiocarbonyl (C=S) groups is 1. The molecule has 1 fully saturated rings. The van der Waals surface area contributed by atoms with Gasteiger partial charge in [0.15, 0.2) is 10.8 Å². The largest absolute Gasteiger partial charge is 0.433 e. The first kappa shape index (κ1) is 21.6. The third kappa shape index (κ3) is 5.93.